The lowest BCUT2D eigenvalue weighted by Gasteiger charge is -2.13. The van der Waals surface area contributed by atoms with Gasteiger partial charge in [0.05, 0.1) is 6.33 Å². The molecule has 3 rings (SSSR count). The van der Waals surface area contributed by atoms with E-state index in [9.17, 15) is 4.79 Å². The van der Waals surface area contributed by atoms with E-state index in [4.69, 9.17) is 21.1 Å². The Bertz CT molecular complexity index is 865. The monoisotopic (exact) mass is 399 g/mol. The first kappa shape index (κ1) is 19.8. The minimum absolute atomic E-state index is 0.0577. The topological polar surface area (TPSA) is 65.4 Å². The van der Waals surface area contributed by atoms with Crippen molar-refractivity contribution in [3.8, 4) is 11.5 Å². The Hall–Kier alpha value is -2.99. The number of hydrogen-bond donors (Lipinski definition) is 1. The highest BCUT2D eigenvalue weighted by molar-refractivity contribution is 6.30. The van der Waals surface area contributed by atoms with Gasteiger partial charge in [-0.1, -0.05) is 23.7 Å². The number of hydrogen-bond acceptors (Lipinski definition) is 4. The van der Waals surface area contributed by atoms with Crippen LogP contribution in [0.4, 0.5) is 0 Å². The number of carbonyl (C=O) groups excluding carboxylic acids is 1. The summed E-state index contributed by atoms with van der Waals surface area (Å²) in [6, 6.07) is 14.5. The molecule has 146 valence electrons. The fourth-order valence-electron chi connectivity index (χ4n) is 2.52. The van der Waals surface area contributed by atoms with Crippen molar-refractivity contribution in [3.63, 3.8) is 0 Å². The van der Waals surface area contributed by atoms with E-state index in [1.165, 1.54) is 0 Å². The van der Waals surface area contributed by atoms with Crippen LogP contribution < -0.4 is 14.8 Å². The van der Waals surface area contributed by atoms with Gasteiger partial charge in [-0.05, 0) is 48.9 Å². The van der Waals surface area contributed by atoms with Gasteiger partial charge >= 0.3 is 0 Å². The van der Waals surface area contributed by atoms with Crippen LogP contribution in [0.5, 0.6) is 11.5 Å². The van der Waals surface area contributed by atoms with E-state index < -0.39 is 0 Å². The zero-order valence-electron chi connectivity index (χ0n) is 15.5. The predicted molar refractivity (Wildman–Crippen MR) is 108 cm³/mol. The van der Waals surface area contributed by atoms with E-state index >= 15 is 0 Å². The first-order valence-electron chi connectivity index (χ1n) is 8.97. The van der Waals surface area contributed by atoms with Crippen molar-refractivity contribution in [2.45, 2.75) is 19.5 Å². The lowest BCUT2D eigenvalue weighted by atomic mass is 10.2. The summed E-state index contributed by atoms with van der Waals surface area (Å²) in [5.41, 5.74) is 0.996. The van der Waals surface area contributed by atoms with Crippen molar-refractivity contribution in [2.75, 3.05) is 13.2 Å². The van der Waals surface area contributed by atoms with Crippen LogP contribution in [-0.2, 0) is 11.3 Å². The Balaban J connectivity index is 1.38. The third-order valence-corrected chi connectivity index (χ3v) is 4.43. The van der Waals surface area contributed by atoms with Gasteiger partial charge in [0.15, 0.2) is 0 Å². The number of halogens is 1. The first-order valence-corrected chi connectivity index (χ1v) is 9.35. The summed E-state index contributed by atoms with van der Waals surface area (Å²) < 4.78 is 13.0. The van der Waals surface area contributed by atoms with E-state index in [0.717, 1.165) is 17.1 Å². The van der Waals surface area contributed by atoms with Crippen LogP contribution in [0.3, 0.4) is 0 Å². The molecule has 0 aliphatic rings. The molecule has 0 saturated carbocycles. The van der Waals surface area contributed by atoms with Crippen LogP contribution in [0.25, 0.3) is 0 Å². The van der Waals surface area contributed by atoms with Crippen LogP contribution >= 0.6 is 11.6 Å². The molecule has 1 amide bonds. The van der Waals surface area contributed by atoms with Crippen molar-refractivity contribution >= 4 is 17.5 Å². The number of carbonyl (C=O) groups is 1. The zero-order chi connectivity index (χ0) is 19.8. The highest BCUT2D eigenvalue weighted by Crippen LogP contribution is 2.16. The summed E-state index contributed by atoms with van der Waals surface area (Å²) in [7, 11) is 0. The van der Waals surface area contributed by atoms with Crippen molar-refractivity contribution < 1.29 is 14.3 Å². The highest BCUT2D eigenvalue weighted by Gasteiger charge is 2.13. The van der Waals surface area contributed by atoms with Gasteiger partial charge in [-0.15, -0.1) is 0 Å². The molecule has 3 aromatic rings. The van der Waals surface area contributed by atoms with E-state index in [1.54, 1.807) is 35.4 Å². The van der Waals surface area contributed by atoms with Crippen molar-refractivity contribution in [1.29, 1.82) is 0 Å². The third kappa shape index (κ3) is 5.76. The predicted octanol–water partition coefficient (Wildman–Crippen LogP) is 3.87. The van der Waals surface area contributed by atoms with Gasteiger partial charge in [0.25, 0.3) is 0 Å². The van der Waals surface area contributed by atoms with Gasteiger partial charge in [0, 0.05) is 24.0 Å². The largest absolute Gasteiger partial charge is 0.490 e. The molecule has 1 aromatic heterocycles. The molecule has 7 heteroatoms. The number of aromatic nitrogens is 2. The molecule has 0 aliphatic heterocycles. The quantitative estimate of drug-likeness (QED) is 0.555. The van der Waals surface area contributed by atoms with E-state index in [2.05, 4.69) is 10.3 Å². The second-order valence-corrected chi connectivity index (χ2v) is 6.63. The SMILES string of the molecule is CC(C(=O)NCc1ccc(OCCOc2ccc(Cl)cc2)cc1)n1ccnc1. The van der Waals surface area contributed by atoms with E-state index in [1.807, 2.05) is 43.3 Å². The Morgan fingerprint density at radius 3 is 2.25 bits per heavy atom. The standard InChI is InChI=1S/C21H22ClN3O3/c1-16(25-11-10-23-15-25)21(26)24-14-17-2-6-19(7-3-17)27-12-13-28-20-8-4-18(22)5-9-20/h2-11,15-16H,12-14H2,1H3,(H,24,26). The van der Waals surface area contributed by atoms with Gasteiger partial charge in [-0.25, -0.2) is 4.98 Å². The van der Waals surface area contributed by atoms with Gasteiger partial charge in [0.1, 0.15) is 30.8 Å². The van der Waals surface area contributed by atoms with E-state index in [-0.39, 0.29) is 11.9 Å². The van der Waals surface area contributed by atoms with Crippen molar-refractivity contribution in [2.24, 2.45) is 0 Å². The molecule has 1 unspecified atom stereocenters. The molecule has 0 fully saturated rings. The molecule has 0 bridgehead atoms. The lowest BCUT2D eigenvalue weighted by Crippen LogP contribution is -2.30. The number of ether oxygens (including phenoxy) is 2. The Morgan fingerprint density at radius 1 is 1.07 bits per heavy atom. The van der Waals surface area contributed by atoms with E-state index in [0.29, 0.717) is 24.8 Å². The molecular weight excluding hydrogens is 378 g/mol. The summed E-state index contributed by atoms with van der Waals surface area (Å²) >= 11 is 5.84. The molecule has 0 radical (unpaired) electrons. The molecule has 6 nitrogen and oxygen atoms in total. The Morgan fingerprint density at radius 2 is 1.68 bits per heavy atom. The highest BCUT2D eigenvalue weighted by atomic mass is 35.5. The van der Waals surface area contributed by atoms with Gasteiger partial charge < -0.3 is 19.4 Å². The van der Waals surface area contributed by atoms with Gasteiger partial charge in [-0.3, -0.25) is 4.79 Å². The normalized spacial score (nSPS) is 11.6. The van der Waals surface area contributed by atoms with Gasteiger partial charge in [0.2, 0.25) is 5.91 Å². The molecule has 0 aliphatic carbocycles. The molecule has 0 spiro atoms. The third-order valence-electron chi connectivity index (χ3n) is 4.18. The number of rotatable bonds is 9. The number of nitrogens with one attached hydrogen (secondary N) is 1. The number of imidazole rings is 1. The Kier molecular flexibility index (Phi) is 6.92. The van der Waals surface area contributed by atoms with Crippen LogP contribution in [0.2, 0.25) is 5.02 Å². The summed E-state index contributed by atoms with van der Waals surface area (Å²) in [4.78, 5) is 16.1. The molecule has 1 N–H and O–H groups in total. The van der Waals surface area contributed by atoms with Crippen LogP contribution in [-0.4, -0.2) is 28.7 Å². The fraction of sp³-hybridized carbons (Fsp3) is 0.238. The smallest absolute Gasteiger partial charge is 0.243 e. The second-order valence-electron chi connectivity index (χ2n) is 6.20. The maximum atomic E-state index is 12.2. The summed E-state index contributed by atoms with van der Waals surface area (Å²) in [6.07, 6.45) is 5.06. The summed E-state index contributed by atoms with van der Waals surface area (Å²) in [6.45, 7) is 3.16. The van der Waals surface area contributed by atoms with Crippen LogP contribution in [0, 0.1) is 0 Å². The molecule has 1 atom stereocenters. The molecule has 28 heavy (non-hydrogen) atoms. The maximum absolute atomic E-state index is 12.2. The molecule has 0 saturated heterocycles. The Labute approximate surface area is 169 Å². The number of nitrogens with zero attached hydrogens (tertiary/aromatic N) is 2. The van der Waals surface area contributed by atoms with Crippen molar-refractivity contribution in [3.05, 3.63) is 77.8 Å². The molecule has 2 aromatic carbocycles. The minimum Gasteiger partial charge on any atom is -0.490 e. The van der Waals surface area contributed by atoms with Crippen LogP contribution in [0.1, 0.15) is 18.5 Å². The summed E-state index contributed by atoms with van der Waals surface area (Å²) in [5.74, 6) is 1.45. The average molecular weight is 400 g/mol. The lowest BCUT2D eigenvalue weighted by molar-refractivity contribution is -0.124. The van der Waals surface area contributed by atoms with Gasteiger partial charge in [-0.2, -0.15) is 0 Å². The molecular formula is C21H22ClN3O3. The van der Waals surface area contributed by atoms with Crippen molar-refractivity contribution in [1.82, 2.24) is 14.9 Å². The van der Waals surface area contributed by atoms with Crippen LogP contribution in [0.15, 0.2) is 67.3 Å². The number of amides is 1. The molecule has 1 heterocycles. The summed E-state index contributed by atoms with van der Waals surface area (Å²) in [5, 5.41) is 3.60. The minimum atomic E-state index is -0.300. The fourth-order valence-corrected chi connectivity index (χ4v) is 2.65. The zero-order valence-corrected chi connectivity index (χ0v) is 16.3. The number of benzene rings is 2. The average Bonchev–Trinajstić information content (AvgIpc) is 3.26. The first-order chi connectivity index (χ1) is 13.6. The maximum Gasteiger partial charge on any atom is 0.243 e. The second kappa shape index (κ2) is 9.80.